The predicted octanol–water partition coefficient (Wildman–Crippen LogP) is 4.97. The Morgan fingerprint density at radius 1 is 1.18 bits per heavy atom. The number of fused-ring (bicyclic) bond motifs is 1. The lowest BCUT2D eigenvalue weighted by molar-refractivity contribution is -0.129. The minimum Gasteiger partial charge on any atom is -0.444 e. The van der Waals surface area contributed by atoms with Crippen molar-refractivity contribution in [3.63, 3.8) is 0 Å². The second-order valence-corrected chi connectivity index (χ2v) is 12.5. The Morgan fingerprint density at radius 3 is 2.53 bits per heavy atom. The van der Waals surface area contributed by atoms with Crippen molar-refractivity contribution >= 4 is 39.7 Å². The molecule has 3 rings (SSSR count). The molecule has 2 fully saturated rings. The fourth-order valence-corrected chi connectivity index (χ4v) is 5.09. The van der Waals surface area contributed by atoms with E-state index in [1.165, 1.54) is 4.90 Å². The highest BCUT2D eigenvalue weighted by Crippen LogP contribution is 2.59. The standard InChI is InChI=1S/C28H39BrN4O5/c1-8-12-27(6,7)24(35)30-17-28-14-19(33(20(28)15-28)25(36)38-26(3,4)5)23(34)32-22-18(16-37-13-9-2)10-11-21(29)31-22/h8-11,19-20H,1-2,12-17H2,3-7H3,(H,30,35)(H,31,32,34)/t19-,20?,28-/m0/s1. The first kappa shape index (κ1) is 29.8. The summed E-state index contributed by atoms with van der Waals surface area (Å²) in [5.74, 6) is -0.0976. The summed E-state index contributed by atoms with van der Waals surface area (Å²) in [6.45, 7) is 17.5. The van der Waals surface area contributed by atoms with Gasteiger partial charge in [0, 0.05) is 29.0 Å². The van der Waals surface area contributed by atoms with Gasteiger partial charge in [0.15, 0.2) is 0 Å². The van der Waals surface area contributed by atoms with Gasteiger partial charge in [-0.05, 0) is 62.0 Å². The highest BCUT2D eigenvalue weighted by molar-refractivity contribution is 9.10. The van der Waals surface area contributed by atoms with Crippen molar-refractivity contribution in [1.29, 1.82) is 0 Å². The fourth-order valence-electron chi connectivity index (χ4n) is 4.78. The van der Waals surface area contributed by atoms with Gasteiger partial charge < -0.3 is 20.1 Å². The van der Waals surface area contributed by atoms with Gasteiger partial charge >= 0.3 is 6.09 Å². The zero-order chi connectivity index (χ0) is 28.3. The van der Waals surface area contributed by atoms with Gasteiger partial charge in [-0.1, -0.05) is 32.1 Å². The molecule has 3 atom stereocenters. The maximum atomic E-state index is 13.6. The molecule has 2 N–H and O–H groups in total. The van der Waals surface area contributed by atoms with Crippen LogP contribution in [-0.4, -0.2) is 58.6 Å². The molecule has 9 nitrogen and oxygen atoms in total. The molecule has 1 saturated heterocycles. The molecule has 1 aromatic rings. The summed E-state index contributed by atoms with van der Waals surface area (Å²) in [4.78, 5) is 45.7. The van der Waals surface area contributed by atoms with E-state index in [2.05, 4.69) is 44.7 Å². The predicted molar refractivity (Wildman–Crippen MR) is 149 cm³/mol. The summed E-state index contributed by atoms with van der Waals surface area (Å²) in [5, 5.41) is 5.95. The van der Waals surface area contributed by atoms with Crippen LogP contribution >= 0.6 is 15.9 Å². The molecule has 2 heterocycles. The number of ether oxygens (including phenoxy) is 2. The van der Waals surface area contributed by atoms with Gasteiger partial charge in [0.2, 0.25) is 11.8 Å². The van der Waals surface area contributed by atoms with Crippen LogP contribution in [0.1, 0.15) is 59.4 Å². The minimum atomic E-state index is -0.774. The first-order valence-electron chi connectivity index (χ1n) is 12.8. The number of nitrogens with one attached hydrogen (secondary N) is 2. The van der Waals surface area contributed by atoms with Crippen molar-refractivity contribution in [1.82, 2.24) is 15.2 Å². The molecule has 0 bridgehead atoms. The quantitative estimate of drug-likeness (QED) is 0.214. The molecule has 3 amide bonds. The van der Waals surface area contributed by atoms with Crippen LogP contribution in [0.15, 0.2) is 42.0 Å². The van der Waals surface area contributed by atoms with Crippen LogP contribution in [0.2, 0.25) is 0 Å². The number of halogens is 1. The molecule has 2 aliphatic rings. The Bertz CT molecular complexity index is 1100. The van der Waals surface area contributed by atoms with E-state index in [4.69, 9.17) is 9.47 Å². The van der Waals surface area contributed by atoms with Gasteiger partial charge in [-0.2, -0.15) is 0 Å². The van der Waals surface area contributed by atoms with Gasteiger partial charge in [-0.15, -0.1) is 13.2 Å². The fraction of sp³-hybridized carbons (Fsp3) is 0.571. The molecule has 38 heavy (non-hydrogen) atoms. The summed E-state index contributed by atoms with van der Waals surface area (Å²) >= 11 is 3.36. The number of allylic oxidation sites excluding steroid dienone is 1. The molecular weight excluding hydrogens is 552 g/mol. The monoisotopic (exact) mass is 590 g/mol. The van der Waals surface area contributed by atoms with Crippen molar-refractivity contribution in [3.8, 4) is 0 Å². The van der Waals surface area contributed by atoms with Crippen molar-refractivity contribution in [3.05, 3.63) is 47.6 Å². The third-order valence-electron chi connectivity index (χ3n) is 6.88. The SMILES string of the molecule is C=CCOCc1ccc(Br)nc1NC(=O)[C@@H]1C[C@@]2(CNC(=O)C(C)(C)CC=C)CC2N1C(=O)OC(C)(C)C. The Morgan fingerprint density at radius 2 is 1.89 bits per heavy atom. The van der Waals surface area contributed by atoms with Gasteiger partial charge in [0.1, 0.15) is 22.1 Å². The summed E-state index contributed by atoms with van der Waals surface area (Å²) < 4.78 is 11.8. The molecule has 208 valence electrons. The number of piperidine rings is 1. The average Bonchev–Trinajstić information content (AvgIpc) is 3.41. The van der Waals surface area contributed by atoms with E-state index in [0.29, 0.717) is 48.4 Å². The van der Waals surface area contributed by atoms with Gasteiger partial charge in [-0.3, -0.25) is 14.5 Å². The molecule has 1 unspecified atom stereocenters. The lowest BCUT2D eigenvalue weighted by atomic mass is 9.88. The average molecular weight is 592 g/mol. The van der Waals surface area contributed by atoms with E-state index < -0.39 is 23.2 Å². The first-order valence-corrected chi connectivity index (χ1v) is 13.6. The van der Waals surface area contributed by atoms with Crippen LogP contribution in [-0.2, 0) is 25.7 Å². The van der Waals surface area contributed by atoms with Crippen LogP contribution in [0.25, 0.3) is 0 Å². The maximum absolute atomic E-state index is 13.6. The normalized spacial score (nSPS) is 22.3. The summed E-state index contributed by atoms with van der Waals surface area (Å²) in [6.07, 6.45) is 4.46. The molecule has 0 aromatic carbocycles. The summed E-state index contributed by atoms with van der Waals surface area (Å²) in [5.41, 5.74) is -1.01. The van der Waals surface area contributed by atoms with E-state index in [9.17, 15) is 14.4 Å². The third kappa shape index (κ3) is 7.02. The molecule has 1 aliphatic heterocycles. The molecule has 0 radical (unpaired) electrons. The Hall–Kier alpha value is -2.72. The van der Waals surface area contributed by atoms with E-state index in [0.717, 1.165) is 0 Å². The number of hydrogen-bond acceptors (Lipinski definition) is 6. The van der Waals surface area contributed by atoms with Crippen molar-refractivity contribution in [2.45, 2.75) is 78.2 Å². The molecule has 1 aliphatic carbocycles. The van der Waals surface area contributed by atoms with Gasteiger partial charge in [0.25, 0.3) is 0 Å². The van der Waals surface area contributed by atoms with E-state index in [1.807, 2.05) is 19.9 Å². The topological polar surface area (TPSA) is 110 Å². The number of carbonyl (C=O) groups excluding carboxylic acids is 3. The van der Waals surface area contributed by atoms with Gasteiger partial charge in [0.05, 0.1) is 13.2 Å². The first-order chi connectivity index (χ1) is 17.7. The summed E-state index contributed by atoms with van der Waals surface area (Å²) in [6, 6.07) is 2.60. The van der Waals surface area contributed by atoms with Crippen molar-refractivity contribution < 1.29 is 23.9 Å². The van der Waals surface area contributed by atoms with E-state index >= 15 is 0 Å². The van der Waals surface area contributed by atoms with Crippen LogP contribution in [0.4, 0.5) is 10.6 Å². The van der Waals surface area contributed by atoms with Crippen molar-refractivity contribution in [2.24, 2.45) is 10.8 Å². The van der Waals surface area contributed by atoms with Crippen LogP contribution in [0, 0.1) is 10.8 Å². The molecule has 10 heteroatoms. The zero-order valence-corrected chi connectivity index (χ0v) is 24.5. The minimum absolute atomic E-state index is 0.0864. The van der Waals surface area contributed by atoms with Crippen LogP contribution < -0.4 is 10.6 Å². The molecule has 1 saturated carbocycles. The molecule has 1 aromatic heterocycles. The Labute approximate surface area is 233 Å². The zero-order valence-electron chi connectivity index (χ0n) is 22.9. The second kappa shape index (κ2) is 11.6. The largest absolute Gasteiger partial charge is 0.444 e. The maximum Gasteiger partial charge on any atom is 0.411 e. The number of anilines is 1. The number of pyridine rings is 1. The van der Waals surface area contributed by atoms with E-state index in [1.54, 1.807) is 39.0 Å². The number of rotatable bonds is 11. The Balaban J connectivity index is 1.81. The van der Waals surface area contributed by atoms with Gasteiger partial charge in [-0.25, -0.2) is 9.78 Å². The Kier molecular flexibility index (Phi) is 9.08. The highest BCUT2D eigenvalue weighted by atomic mass is 79.9. The van der Waals surface area contributed by atoms with Crippen LogP contribution in [0.5, 0.6) is 0 Å². The number of carbonyl (C=O) groups is 3. The smallest absolute Gasteiger partial charge is 0.411 e. The van der Waals surface area contributed by atoms with Crippen LogP contribution in [0.3, 0.4) is 0 Å². The lowest BCUT2D eigenvalue weighted by Gasteiger charge is -2.30. The number of likely N-dealkylation sites (tertiary alicyclic amines) is 1. The highest BCUT2D eigenvalue weighted by Gasteiger charge is 2.68. The van der Waals surface area contributed by atoms with E-state index in [-0.39, 0.29) is 29.9 Å². The number of amides is 3. The number of aromatic nitrogens is 1. The van der Waals surface area contributed by atoms with Crippen molar-refractivity contribution in [2.75, 3.05) is 18.5 Å². The molecule has 0 spiro atoms. The summed E-state index contributed by atoms with van der Waals surface area (Å²) in [7, 11) is 0. The second-order valence-electron chi connectivity index (χ2n) is 11.7. The third-order valence-corrected chi connectivity index (χ3v) is 7.32. The number of nitrogens with zero attached hydrogens (tertiary/aromatic N) is 2. The number of hydrogen-bond donors (Lipinski definition) is 2. The lowest BCUT2D eigenvalue weighted by Crippen LogP contribution is -2.47. The molecular formula is C28H39BrN4O5.